The Hall–Kier alpha value is -3.18. The number of rotatable bonds is 9. The van der Waals surface area contributed by atoms with Crippen LogP contribution in [0.25, 0.3) is 0 Å². The third-order valence-electron chi connectivity index (χ3n) is 4.16. The van der Waals surface area contributed by atoms with Gasteiger partial charge in [0.25, 0.3) is 5.91 Å². The third-order valence-corrected chi connectivity index (χ3v) is 5.58. The summed E-state index contributed by atoms with van der Waals surface area (Å²) >= 11 is 0. The van der Waals surface area contributed by atoms with Crippen LogP contribution in [0.3, 0.4) is 0 Å². The van der Waals surface area contributed by atoms with Crippen molar-refractivity contribution in [1.29, 1.82) is 0 Å². The number of halogens is 3. The summed E-state index contributed by atoms with van der Waals surface area (Å²) in [6.45, 7) is 2.94. The average molecular weight is 469 g/mol. The first-order chi connectivity index (χ1) is 14.9. The van der Waals surface area contributed by atoms with Crippen LogP contribution < -0.4 is 10.0 Å². The van der Waals surface area contributed by atoms with Crippen molar-refractivity contribution in [3.63, 3.8) is 0 Å². The lowest BCUT2D eigenvalue weighted by atomic mass is 10.1. The summed E-state index contributed by atoms with van der Waals surface area (Å²) in [7, 11) is -3.85. The van der Waals surface area contributed by atoms with Crippen molar-refractivity contribution in [1.82, 2.24) is 9.62 Å². The fraction of sp³-hybridized carbons (Fsp3) is 0.238. The van der Waals surface area contributed by atoms with E-state index in [2.05, 4.69) is 16.6 Å². The Labute approximate surface area is 184 Å². The zero-order valence-electron chi connectivity index (χ0n) is 17.1. The lowest BCUT2D eigenvalue weighted by molar-refractivity contribution is -0.139. The van der Waals surface area contributed by atoms with Crippen LogP contribution in [0, 0.1) is 0 Å². The predicted octanol–water partition coefficient (Wildman–Crippen LogP) is 3.31. The van der Waals surface area contributed by atoms with Gasteiger partial charge in [-0.2, -0.15) is 13.2 Å². The molecule has 2 N–H and O–H groups in total. The van der Waals surface area contributed by atoms with Crippen LogP contribution in [0.2, 0.25) is 0 Å². The number of benzene rings is 2. The fourth-order valence-electron chi connectivity index (χ4n) is 2.72. The van der Waals surface area contributed by atoms with Gasteiger partial charge in [0.15, 0.2) is 0 Å². The van der Waals surface area contributed by atoms with Gasteiger partial charge in [-0.25, -0.2) is 13.1 Å². The van der Waals surface area contributed by atoms with E-state index < -0.39 is 28.7 Å². The van der Waals surface area contributed by atoms with E-state index >= 15 is 0 Å². The Morgan fingerprint density at radius 1 is 1.06 bits per heavy atom. The molecule has 0 aromatic heterocycles. The number of hydrogen-bond donors (Lipinski definition) is 2. The smallest absolute Gasteiger partial charge is 0.326 e. The molecule has 0 saturated heterocycles. The lowest BCUT2D eigenvalue weighted by Gasteiger charge is -2.22. The minimum atomic E-state index is -4.54. The molecule has 0 aliphatic heterocycles. The summed E-state index contributed by atoms with van der Waals surface area (Å²) in [5.74, 6) is -1.10. The SMILES string of the molecule is C=CCN(CC(F)(F)F)C(=O)c1ccc(CNS(=O)(=O)c2ccc(NC(C)=O)cc2)cc1. The largest absolute Gasteiger partial charge is 0.406 e. The topological polar surface area (TPSA) is 95.6 Å². The minimum absolute atomic E-state index is 0.00869. The summed E-state index contributed by atoms with van der Waals surface area (Å²) in [6, 6.07) is 11.2. The highest BCUT2D eigenvalue weighted by Gasteiger charge is 2.32. The van der Waals surface area contributed by atoms with Crippen molar-refractivity contribution in [3.05, 3.63) is 72.3 Å². The first-order valence-corrected chi connectivity index (χ1v) is 10.8. The molecular formula is C21H22F3N3O4S. The maximum atomic E-state index is 12.7. The molecule has 2 aromatic carbocycles. The highest BCUT2D eigenvalue weighted by molar-refractivity contribution is 7.89. The van der Waals surface area contributed by atoms with E-state index in [1.54, 1.807) is 0 Å². The van der Waals surface area contributed by atoms with Crippen LogP contribution in [-0.4, -0.2) is 44.4 Å². The molecule has 0 fully saturated rings. The number of amides is 2. The molecular weight excluding hydrogens is 447 g/mol. The Morgan fingerprint density at radius 2 is 1.66 bits per heavy atom. The molecule has 0 aliphatic rings. The van der Waals surface area contributed by atoms with Gasteiger partial charge < -0.3 is 10.2 Å². The van der Waals surface area contributed by atoms with E-state index in [9.17, 15) is 31.2 Å². The zero-order chi connectivity index (χ0) is 23.9. The molecule has 2 amide bonds. The van der Waals surface area contributed by atoms with Gasteiger partial charge >= 0.3 is 6.18 Å². The van der Waals surface area contributed by atoms with Gasteiger partial charge in [-0.1, -0.05) is 18.2 Å². The van der Waals surface area contributed by atoms with Crippen LogP contribution >= 0.6 is 0 Å². The molecule has 0 saturated carbocycles. The zero-order valence-corrected chi connectivity index (χ0v) is 18.0. The molecule has 0 aliphatic carbocycles. The van der Waals surface area contributed by atoms with Gasteiger partial charge in [0.05, 0.1) is 4.90 Å². The molecule has 11 heteroatoms. The van der Waals surface area contributed by atoms with Crippen molar-refractivity contribution in [2.75, 3.05) is 18.4 Å². The molecule has 2 aromatic rings. The number of sulfonamides is 1. The number of hydrogen-bond acceptors (Lipinski definition) is 4. The fourth-order valence-corrected chi connectivity index (χ4v) is 3.74. The molecule has 0 radical (unpaired) electrons. The molecule has 0 bridgehead atoms. The molecule has 0 atom stereocenters. The number of carbonyl (C=O) groups excluding carboxylic acids is 2. The van der Waals surface area contributed by atoms with Gasteiger partial charge in [-0.3, -0.25) is 9.59 Å². The number of nitrogens with one attached hydrogen (secondary N) is 2. The Bertz CT molecular complexity index is 1070. The summed E-state index contributed by atoms with van der Waals surface area (Å²) < 4.78 is 65.3. The molecule has 7 nitrogen and oxygen atoms in total. The van der Waals surface area contributed by atoms with E-state index in [1.807, 2.05) is 0 Å². The highest BCUT2D eigenvalue weighted by Crippen LogP contribution is 2.19. The van der Waals surface area contributed by atoms with E-state index in [1.165, 1.54) is 61.5 Å². The molecule has 0 unspecified atom stereocenters. The molecule has 2 rings (SSSR count). The van der Waals surface area contributed by atoms with Crippen LogP contribution in [0.1, 0.15) is 22.8 Å². The second kappa shape index (κ2) is 10.4. The average Bonchev–Trinajstić information content (AvgIpc) is 2.71. The summed E-state index contributed by atoms with van der Waals surface area (Å²) in [5.41, 5.74) is 0.995. The Morgan fingerprint density at radius 3 is 2.16 bits per heavy atom. The number of anilines is 1. The number of carbonyl (C=O) groups is 2. The second-order valence-electron chi connectivity index (χ2n) is 6.82. The summed E-state index contributed by atoms with van der Waals surface area (Å²) in [6.07, 6.45) is -3.34. The van der Waals surface area contributed by atoms with Gasteiger partial charge in [-0.05, 0) is 42.0 Å². The van der Waals surface area contributed by atoms with Crippen molar-refractivity contribution >= 4 is 27.5 Å². The Kier molecular flexibility index (Phi) is 8.17. The first-order valence-electron chi connectivity index (χ1n) is 9.34. The van der Waals surface area contributed by atoms with Gasteiger partial charge in [0.2, 0.25) is 15.9 Å². The third kappa shape index (κ3) is 7.50. The molecule has 172 valence electrons. The molecule has 0 spiro atoms. The standard InChI is InChI=1S/C21H22F3N3O4S/c1-3-12-27(14-21(22,23)24)20(29)17-6-4-16(5-7-17)13-25-32(30,31)19-10-8-18(9-11-19)26-15(2)28/h3-11,25H,1,12-14H2,2H3,(H,26,28). The van der Waals surface area contributed by atoms with Crippen LogP contribution in [-0.2, 0) is 21.4 Å². The maximum Gasteiger partial charge on any atom is 0.406 e. The van der Waals surface area contributed by atoms with Gasteiger partial charge in [0, 0.05) is 31.3 Å². The maximum absolute atomic E-state index is 12.7. The summed E-state index contributed by atoms with van der Waals surface area (Å²) in [4.78, 5) is 24.0. The van der Waals surface area contributed by atoms with Gasteiger partial charge in [0.1, 0.15) is 6.54 Å². The van der Waals surface area contributed by atoms with E-state index in [4.69, 9.17) is 0 Å². The summed E-state index contributed by atoms with van der Waals surface area (Å²) in [5, 5.41) is 2.53. The highest BCUT2D eigenvalue weighted by atomic mass is 32.2. The van der Waals surface area contributed by atoms with Gasteiger partial charge in [-0.15, -0.1) is 6.58 Å². The Balaban J connectivity index is 2.04. The van der Waals surface area contributed by atoms with Crippen molar-refractivity contribution in [2.24, 2.45) is 0 Å². The second-order valence-corrected chi connectivity index (χ2v) is 8.58. The van der Waals surface area contributed by atoms with Crippen LogP contribution in [0.4, 0.5) is 18.9 Å². The number of alkyl halides is 3. The van der Waals surface area contributed by atoms with E-state index in [0.29, 0.717) is 16.2 Å². The first kappa shape index (κ1) is 25.1. The molecule has 32 heavy (non-hydrogen) atoms. The number of nitrogens with zero attached hydrogens (tertiary/aromatic N) is 1. The molecule has 0 heterocycles. The van der Waals surface area contributed by atoms with E-state index in [0.717, 1.165) is 0 Å². The monoisotopic (exact) mass is 469 g/mol. The van der Waals surface area contributed by atoms with Crippen molar-refractivity contribution < 1.29 is 31.2 Å². The van der Waals surface area contributed by atoms with Crippen LogP contribution in [0.15, 0.2) is 66.1 Å². The van der Waals surface area contributed by atoms with Crippen LogP contribution in [0.5, 0.6) is 0 Å². The van der Waals surface area contributed by atoms with E-state index in [-0.39, 0.29) is 29.5 Å². The van der Waals surface area contributed by atoms with Crippen molar-refractivity contribution in [3.8, 4) is 0 Å². The normalized spacial score (nSPS) is 11.6. The lowest BCUT2D eigenvalue weighted by Crippen LogP contribution is -2.39. The predicted molar refractivity (Wildman–Crippen MR) is 113 cm³/mol. The minimum Gasteiger partial charge on any atom is -0.326 e. The van der Waals surface area contributed by atoms with Crippen molar-refractivity contribution in [2.45, 2.75) is 24.5 Å². The quantitative estimate of drug-likeness (QED) is 0.551.